The first-order valence-electron chi connectivity index (χ1n) is 7.59. The molecule has 0 aliphatic carbocycles. The van der Waals surface area contributed by atoms with Crippen molar-refractivity contribution in [2.45, 2.75) is 70.5 Å². The van der Waals surface area contributed by atoms with E-state index in [2.05, 4.69) is 6.92 Å². The van der Waals surface area contributed by atoms with Gasteiger partial charge in [-0.15, -0.1) is 0 Å². The number of ether oxygens (including phenoxy) is 2. The molecule has 104 valence electrons. The summed E-state index contributed by atoms with van der Waals surface area (Å²) in [5.74, 6) is 0.360. The van der Waals surface area contributed by atoms with E-state index >= 15 is 0 Å². The van der Waals surface area contributed by atoms with Gasteiger partial charge in [-0.25, -0.2) is 0 Å². The number of rotatable bonds is 6. The summed E-state index contributed by atoms with van der Waals surface area (Å²) in [6.45, 7) is 3.33. The third-order valence-corrected chi connectivity index (χ3v) is 4.18. The average molecular weight is 254 g/mol. The predicted molar refractivity (Wildman–Crippen MR) is 70.6 cm³/mol. The summed E-state index contributed by atoms with van der Waals surface area (Å²) >= 11 is 0. The van der Waals surface area contributed by atoms with Crippen molar-refractivity contribution in [3.05, 3.63) is 0 Å². The smallest absolute Gasteiger partial charge is 0.164 e. The molecule has 0 saturated carbocycles. The normalized spacial score (nSPS) is 32.3. The van der Waals surface area contributed by atoms with Crippen molar-refractivity contribution in [2.24, 2.45) is 5.92 Å². The Morgan fingerprint density at radius 3 is 2.83 bits per heavy atom. The average Bonchev–Trinajstić information content (AvgIpc) is 2.41. The molecule has 0 amide bonds. The van der Waals surface area contributed by atoms with Crippen molar-refractivity contribution in [1.82, 2.24) is 0 Å². The highest BCUT2D eigenvalue weighted by Gasteiger charge is 2.41. The van der Waals surface area contributed by atoms with Crippen molar-refractivity contribution in [3.63, 3.8) is 0 Å². The van der Waals surface area contributed by atoms with Gasteiger partial charge in [-0.3, -0.25) is 4.79 Å². The summed E-state index contributed by atoms with van der Waals surface area (Å²) in [7, 11) is 0. The van der Waals surface area contributed by atoms with Crippen molar-refractivity contribution in [1.29, 1.82) is 0 Å². The molecule has 2 rings (SSSR count). The van der Waals surface area contributed by atoms with Crippen LogP contribution in [0, 0.1) is 5.92 Å². The number of ketones is 1. The minimum atomic E-state index is 0.0474. The topological polar surface area (TPSA) is 35.5 Å². The molecule has 2 saturated heterocycles. The van der Waals surface area contributed by atoms with E-state index in [1.807, 2.05) is 0 Å². The van der Waals surface area contributed by atoms with Gasteiger partial charge in [0.25, 0.3) is 0 Å². The van der Waals surface area contributed by atoms with Crippen LogP contribution in [0.1, 0.15) is 58.3 Å². The van der Waals surface area contributed by atoms with E-state index in [4.69, 9.17) is 9.47 Å². The van der Waals surface area contributed by atoms with E-state index in [9.17, 15) is 4.79 Å². The Labute approximate surface area is 110 Å². The highest BCUT2D eigenvalue weighted by atomic mass is 16.5. The van der Waals surface area contributed by atoms with Crippen molar-refractivity contribution in [3.8, 4) is 0 Å². The van der Waals surface area contributed by atoms with E-state index in [1.54, 1.807) is 0 Å². The van der Waals surface area contributed by atoms with Crippen molar-refractivity contribution < 1.29 is 14.3 Å². The third-order valence-electron chi connectivity index (χ3n) is 4.18. The molecule has 0 radical (unpaired) electrons. The number of hydrogen-bond acceptors (Lipinski definition) is 3. The van der Waals surface area contributed by atoms with Crippen LogP contribution in [0.25, 0.3) is 0 Å². The molecule has 0 unspecified atom stereocenters. The molecule has 0 aromatic rings. The van der Waals surface area contributed by atoms with E-state index in [0.29, 0.717) is 6.61 Å². The Morgan fingerprint density at radius 1 is 1.17 bits per heavy atom. The molecule has 0 bridgehead atoms. The Morgan fingerprint density at radius 2 is 2.00 bits per heavy atom. The lowest BCUT2D eigenvalue weighted by molar-refractivity contribution is -0.175. The standard InChI is InChI=1S/C15H26O3/c1-2-3-4-5-6-8-12-13(16)11-18-14-9-7-10-17-15(12)14/h12,14-15H,2-11H2,1H3/t12-,14-,15-/m1/s1. The fourth-order valence-corrected chi connectivity index (χ4v) is 3.10. The van der Waals surface area contributed by atoms with Crippen molar-refractivity contribution >= 4 is 5.78 Å². The number of Topliss-reactive ketones (excluding diaryl/α,β-unsaturated/α-hetero) is 1. The number of unbranched alkanes of at least 4 members (excludes halogenated alkanes) is 4. The van der Waals surface area contributed by atoms with Gasteiger partial charge in [0.1, 0.15) is 6.61 Å². The molecular weight excluding hydrogens is 228 g/mol. The Bertz CT molecular complexity index is 264. The van der Waals surface area contributed by atoms with Gasteiger partial charge in [-0.2, -0.15) is 0 Å². The predicted octanol–water partition coefficient (Wildman–Crippen LogP) is 3.11. The zero-order chi connectivity index (χ0) is 12.8. The maximum Gasteiger partial charge on any atom is 0.164 e. The van der Waals surface area contributed by atoms with Gasteiger partial charge in [-0.05, 0) is 19.3 Å². The van der Waals surface area contributed by atoms with E-state index < -0.39 is 0 Å². The highest BCUT2D eigenvalue weighted by molar-refractivity contribution is 5.83. The van der Waals surface area contributed by atoms with E-state index in [0.717, 1.165) is 32.3 Å². The van der Waals surface area contributed by atoms with Crippen LogP contribution in [0.5, 0.6) is 0 Å². The quantitative estimate of drug-likeness (QED) is 0.683. The minimum absolute atomic E-state index is 0.0474. The molecule has 0 aromatic carbocycles. The molecule has 2 fully saturated rings. The number of fused-ring (bicyclic) bond motifs is 1. The number of carbonyl (C=O) groups excluding carboxylic acids is 1. The van der Waals surface area contributed by atoms with Crippen LogP contribution in [0.2, 0.25) is 0 Å². The fourth-order valence-electron chi connectivity index (χ4n) is 3.10. The van der Waals surface area contributed by atoms with Gasteiger partial charge in [0, 0.05) is 12.5 Å². The minimum Gasteiger partial charge on any atom is -0.375 e. The third kappa shape index (κ3) is 3.55. The second kappa shape index (κ2) is 7.25. The molecule has 2 aliphatic heterocycles. The van der Waals surface area contributed by atoms with Gasteiger partial charge >= 0.3 is 0 Å². The molecule has 0 N–H and O–H groups in total. The van der Waals surface area contributed by atoms with Gasteiger partial charge in [0.05, 0.1) is 12.2 Å². The van der Waals surface area contributed by atoms with E-state index in [-0.39, 0.29) is 23.9 Å². The summed E-state index contributed by atoms with van der Waals surface area (Å²) in [4.78, 5) is 12.0. The van der Waals surface area contributed by atoms with Crippen LogP contribution in [-0.4, -0.2) is 31.2 Å². The second-order valence-electron chi connectivity index (χ2n) is 5.60. The van der Waals surface area contributed by atoms with Gasteiger partial charge < -0.3 is 9.47 Å². The highest BCUT2D eigenvalue weighted by Crippen LogP contribution is 2.31. The molecule has 0 spiro atoms. The Kier molecular flexibility index (Phi) is 5.64. The van der Waals surface area contributed by atoms with Gasteiger partial charge in [-0.1, -0.05) is 39.0 Å². The second-order valence-corrected chi connectivity index (χ2v) is 5.60. The molecule has 3 heteroatoms. The molecule has 3 nitrogen and oxygen atoms in total. The zero-order valence-corrected chi connectivity index (χ0v) is 11.5. The lowest BCUT2D eigenvalue weighted by Gasteiger charge is -2.40. The summed E-state index contributed by atoms with van der Waals surface area (Å²) in [5, 5.41) is 0. The Balaban J connectivity index is 1.78. The summed E-state index contributed by atoms with van der Waals surface area (Å²) in [6, 6.07) is 0. The molecule has 3 atom stereocenters. The maximum absolute atomic E-state index is 12.0. The first-order valence-corrected chi connectivity index (χ1v) is 7.59. The lowest BCUT2D eigenvalue weighted by Crippen LogP contribution is -2.50. The molecular formula is C15H26O3. The lowest BCUT2D eigenvalue weighted by atomic mass is 9.84. The monoisotopic (exact) mass is 254 g/mol. The first kappa shape index (κ1) is 14.0. The summed E-state index contributed by atoms with van der Waals surface area (Å²) in [5.41, 5.74) is 0. The van der Waals surface area contributed by atoms with E-state index in [1.165, 1.54) is 25.7 Å². The van der Waals surface area contributed by atoms with Gasteiger partial charge in [0.15, 0.2) is 5.78 Å². The molecule has 2 heterocycles. The summed E-state index contributed by atoms with van der Waals surface area (Å²) in [6.07, 6.45) is 9.62. The SMILES string of the molecule is CCCCCCC[C@@H]1C(=O)CO[C@@H]2CCCO[C@H]12. The van der Waals surface area contributed by atoms with Crippen molar-refractivity contribution in [2.75, 3.05) is 13.2 Å². The number of carbonyl (C=O) groups is 1. The largest absolute Gasteiger partial charge is 0.375 e. The zero-order valence-electron chi connectivity index (χ0n) is 11.5. The van der Waals surface area contributed by atoms with Crippen LogP contribution >= 0.6 is 0 Å². The van der Waals surface area contributed by atoms with Crippen LogP contribution < -0.4 is 0 Å². The van der Waals surface area contributed by atoms with Crippen LogP contribution in [0.3, 0.4) is 0 Å². The van der Waals surface area contributed by atoms with Crippen LogP contribution in [0.4, 0.5) is 0 Å². The molecule has 18 heavy (non-hydrogen) atoms. The molecule has 2 aliphatic rings. The Hall–Kier alpha value is -0.410. The first-order chi connectivity index (χ1) is 8.83. The summed E-state index contributed by atoms with van der Waals surface area (Å²) < 4.78 is 11.4. The van der Waals surface area contributed by atoms with Crippen LogP contribution in [0.15, 0.2) is 0 Å². The number of hydrogen-bond donors (Lipinski definition) is 0. The maximum atomic E-state index is 12.0. The van der Waals surface area contributed by atoms with Crippen LogP contribution in [-0.2, 0) is 14.3 Å². The van der Waals surface area contributed by atoms with Gasteiger partial charge in [0.2, 0.25) is 0 Å². The molecule has 0 aromatic heterocycles. The fraction of sp³-hybridized carbons (Fsp3) is 0.933.